The standard InChI is InChI=1S/C3H4O2.C2H3I/c1-2-3(4)5;1-2-3/h2H,1H2,(H,4,5);2H,1H2. The van der Waals surface area contributed by atoms with Gasteiger partial charge in [-0.3, -0.25) is 0 Å². The highest BCUT2D eigenvalue weighted by molar-refractivity contribution is 14.1. The van der Waals surface area contributed by atoms with Crippen molar-refractivity contribution in [1.29, 1.82) is 0 Å². The van der Waals surface area contributed by atoms with Crippen molar-refractivity contribution in [2.45, 2.75) is 0 Å². The summed E-state index contributed by atoms with van der Waals surface area (Å²) in [6, 6.07) is 0. The Kier molecular flexibility index (Phi) is 13.1. The maximum Gasteiger partial charge on any atom is 0.327 e. The Morgan fingerprint density at radius 2 is 1.75 bits per heavy atom. The molecule has 0 aliphatic carbocycles. The van der Waals surface area contributed by atoms with Gasteiger partial charge < -0.3 is 5.11 Å². The fourth-order valence-electron chi connectivity index (χ4n) is 0. The molecule has 46 valence electrons. The van der Waals surface area contributed by atoms with E-state index in [1.165, 1.54) is 0 Å². The van der Waals surface area contributed by atoms with Crippen LogP contribution in [0.4, 0.5) is 0 Å². The molecule has 0 unspecified atom stereocenters. The van der Waals surface area contributed by atoms with Gasteiger partial charge in [0.25, 0.3) is 0 Å². The lowest BCUT2D eigenvalue weighted by Crippen LogP contribution is -1.82. The number of aliphatic carboxylic acids is 1. The van der Waals surface area contributed by atoms with Gasteiger partial charge in [0.2, 0.25) is 0 Å². The van der Waals surface area contributed by atoms with Crippen LogP contribution in [-0.2, 0) is 4.79 Å². The summed E-state index contributed by atoms with van der Waals surface area (Å²) < 4.78 is 1.72. The molecule has 0 aromatic rings. The average Bonchev–Trinajstić information content (AvgIpc) is 1.69. The van der Waals surface area contributed by atoms with Crippen molar-refractivity contribution in [2.75, 3.05) is 0 Å². The molecule has 0 aromatic carbocycles. The van der Waals surface area contributed by atoms with Crippen LogP contribution in [0.3, 0.4) is 0 Å². The highest BCUT2D eigenvalue weighted by atomic mass is 127. The van der Waals surface area contributed by atoms with E-state index in [9.17, 15) is 4.79 Å². The fraction of sp³-hybridized carbons (Fsp3) is 0. The highest BCUT2D eigenvalue weighted by Gasteiger charge is 1.73. The monoisotopic (exact) mass is 226 g/mol. The number of carboxylic acids is 1. The van der Waals surface area contributed by atoms with E-state index in [0.717, 1.165) is 6.08 Å². The Bertz CT molecular complexity index is 88.4. The second kappa shape index (κ2) is 9.84. The largest absolute Gasteiger partial charge is 0.478 e. The Morgan fingerprint density at radius 1 is 1.62 bits per heavy atom. The van der Waals surface area contributed by atoms with E-state index in [2.05, 4.69) is 35.7 Å². The fourth-order valence-corrected chi connectivity index (χ4v) is 0. The van der Waals surface area contributed by atoms with Gasteiger partial charge in [0.1, 0.15) is 0 Å². The predicted molar refractivity (Wildman–Crippen MR) is 42.0 cm³/mol. The van der Waals surface area contributed by atoms with E-state index in [4.69, 9.17) is 5.11 Å². The number of halogens is 1. The number of hydrogen-bond acceptors (Lipinski definition) is 1. The third-order valence-electron chi connectivity index (χ3n) is 0.175. The summed E-state index contributed by atoms with van der Waals surface area (Å²) in [5, 5.41) is 7.60. The van der Waals surface area contributed by atoms with Crippen molar-refractivity contribution in [3.05, 3.63) is 23.3 Å². The van der Waals surface area contributed by atoms with E-state index < -0.39 is 5.97 Å². The summed E-state index contributed by atoms with van der Waals surface area (Å²) in [5.74, 6) is -0.981. The SMILES string of the molecule is C=CC(=O)O.C=CI. The van der Waals surface area contributed by atoms with Crippen molar-refractivity contribution < 1.29 is 9.90 Å². The van der Waals surface area contributed by atoms with Gasteiger partial charge >= 0.3 is 5.97 Å². The van der Waals surface area contributed by atoms with Crippen LogP contribution in [0.25, 0.3) is 0 Å². The van der Waals surface area contributed by atoms with E-state index >= 15 is 0 Å². The highest BCUT2D eigenvalue weighted by Crippen LogP contribution is 1.70. The Morgan fingerprint density at radius 3 is 1.75 bits per heavy atom. The normalized spacial score (nSPS) is 5.62. The second-order valence-corrected chi connectivity index (χ2v) is 1.58. The van der Waals surface area contributed by atoms with Crippen LogP contribution in [0.1, 0.15) is 0 Å². The Labute approximate surface area is 62.0 Å². The van der Waals surface area contributed by atoms with Gasteiger partial charge in [-0.1, -0.05) is 35.7 Å². The topological polar surface area (TPSA) is 37.3 Å². The zero-order valence-electron chi connectivity index (χ0n) is 4.30. The maximum atomic E-state index is 9.25. The molecular formula is C5H7IO2. The van der Waals surface area contributed by atoms with E-state index in [0.29, 0.717) is 0 Å². The lowest BCUT2D eigenvalue weighted by Gasteiger charge is -1.64. The predicted octanol–water partition coefficient (Wildman–Crippen LogP) is 1.82. The molecule has 0 aliphatic rings. The van der Waals surface area contributed by atoms with Gasteiger partial charge in [0.05, 0.1) is 0 Å². The summed E-state index contributed by atoms with van der Waals surface area (Å²) in [5.41, 5.74) is 0. The molecule has 1 N–H and O–H groups in total. The molecule has 2 nitrogen and oxygen atoms in total. The third-order valence-corrected chi connectivity index (χ3v) is 0.175. The van der Waals surface area contributed by atoms with Crippen LogP contribution in [0.5, 0.6) is 0 Å². The molecule has 8 heavy (non-hydrogen) atoms. The lowest BCUT2D eigenvalue weighted by molar-refractivity contribution is -0.131. The molecule has 0 bridgehead atoms. The summed E-state index contributed by atoms with van der Waals surface area (Å²) in [4.78, 5) is 9.25. The van der Waals surface area contributed by atoms with Gasteiger partial charge in [0, 0.05) is 6.08 Å². The Hall–Kier alpha value is -0.320. The van der Waals surface area contributed by atoms with Crippen LogP contribution >= 0.6 is 22.6 Å². The first-order valence-corrected chi connectivity index (χ1v) is 3.00. The van der Waals surface area contributed by atoms with Crippen LogP contribution in [-0.4, -0.2) is 11.1 Å². The third kappa shape index (κ3) is 44.1. The van der Waals surface area contributed by atoms with Gasteiger partial charge in [-0.05, 0) is 4.08 Å². The molecule has 0 aromatic heterocycles. The van der Waals surface area contributed by atoms with Crippen LogP contribution < -0.4 is 0 Å². The first-order valence-electron chi connectivity index (χ1n) is 1.75. The van der Waals surface area contributed by atoms with Gasteiger partial charge in [0.15, 0.2) is 0 Å². The van der Waals surface area contributed by atoms with Crippen LogP contribution in [0.15, 0.2) is 23.3 Å². The molecule has 0 saturated heterocycles. The molecule has 0 heterocycles. The summed E-state index contributed by atoms with van der Waals surface area (Å²) in [6.45, 7) is 6.31. The van der Waals surface area contributed by atoms with Crippen molar-refractivity contribution >= 4 is 28.6 Å². The first-order chi connectivity index (χ1) is 3.68. The molecule has 0 amide bonds. The average molecular weight is 226 g/mol. The molecule has 3 heteroatoms. The van der Waals surface area contributed by atoms with Crippen molar-refractivity contribution in [1.82, 2.24) is 0 Å². The van der Waals surface area contributed by atoms with Crippen molar-refractivity contribution in [3.63, 3.8) is 0 Å². The number of carboxylic acid groups (broad SMARTS) is 1. The molecule has 0 fully saturated rings. The quantitative estimate of drug-likeness (QED) is 0.546. The molecule has 0 spiro atoms. The smallest absolute Gasteiger partial charge is 0.327 e. The minimum Gasteiger partial charge on any atom is -0.478 e. The number of rotatable bonds is 1. The second-order valence-electron chi connectivity index (χ2n) is 0.697. The number of carbonyl (C=O) groups is 1. The van der Waals surface area contributed by atoms with Gasteiger partial charge in [-0.15, -0.1) is 0 Å². The zero-order valence-corrected chi connectivity index (χ0v) is 6.46. The van der Waals surface area contributed by atoms with E-state index in [1.807, 2.05) is 0 Å². The molecule has 0 atom stereocenters. The van der Waals surface area contributed by atoms with Crippen molar-refractivity contribution in [2.24, 2.45) is 0 Å². The van der Waals surface area contributed by atoms with Gasteiger partial charge in [-0.2, -0.15) is 0 Å². The minimum absolute atomic E-state index is 0.833. The molecule has 0 saturated carbocycles. The molecule has 0 aliphatic heterocycles. The molecule has 0 radical (unpaired) electrons. The van der Waals surface area contributed by atoms with E-state index in [-0.39, 0.29) is 0 Å². The van der Waals surface area contributed by atoms with Crippen LogP contribution in [0.2, 0.25) is 0 Å². The van der Waals surface area contributed by atoms with Crippen LogP contribution in [0, 0.1) is 0 Å². The zero-order chi connectivity index (χ0) is 6.99. The van der Waals surface area contributed by atoms with Gasteiger partial charge in [-0.25, -0.2) is 4.79 Å². The van der Waals surface area contributed by atoms with E-state index in [1.54, 1.807) is 4.08 Å². The first kappa shape index (κ1) is 10.6. The maximum absolute atomic E-state index is 9.25. The summed E-state index contributed by atoms with van der Waals surface area (Å²) >= 11 is 2.05. The molecular weight excluding hydrogens is 219 g/mol. The Balaban J connectivity index is 0. The molecule has 0 rings (SSSR count). The van der Waals surface area contributed by atoms with Crippen molar-refractivity contribution in [3.8, 4) is 0 Å². The summed E-state index contributed by atoms with van der Waals surface area (Å²) in [6.07, 6.45) is 0.833. The summed E-state index contributed by atoms with van der Waals surface area (Å²) in [7, 11) is 0. The lowest BCUT2D eigenvalue weighted by atomic mass is 10.7. The minimum atomic E-state index is -0.981. The number of hydrogen-bond donors (Lipinski definition) is 1.